The van der Waals surface area contributed by atoms with Gasteiger partial charge in [0.05, 0.1) is 19.8 Å². The van der Waals surface area contributed by atoms with Crippen LogP contribution in [0.3, 0.4) is 0 Å². The van der Waals surface area contributed by atoms with Gasteiger partial charge >= 0.3 is 0 Å². The van der Waals surface area contributed by atoms with Crippen LogP contribution in [0.5, 0.6) is 5.75 Å². The smallest absolute Gasteiger partial charge is 0.124 e. The molecule has 0 saturated heterocycles. The molecule has 0 saturated carbocycles. The first-order chi connectivity index (χ1) is 10.2. The molecule has 21 heavy (non-hydrogen) atoms. The van der Waals surface area contributed by atoms with Gasteiger partial charge in [0.25, 0.3) is 0 Å². The molecular weight excluding hydrogens is 270 g/mol. The summed E-state index contributed by atoms with van der Waals surface area (Å²) in [5.74, 6) is 0.801. The van der Waals surface area contributed by atoms with Gasteiger partial charge < -0.3 is 24.6 Å². The number of nitrogens with one attached hydrogen (secondary N) is 1. The van der Waals surface area contributed by atoms with Gasteiger partial charge in [0.1, 0.15) is 18.5 Å². The summed E-state index contributed by atoms with van der Waals surface area (Å²) in [5, 5.41) is 13.1. The summed E-state index contributed by atoms with van der Waals surface area (Å²) in [5.41, 5.74) is 1.11. The zero-order chi connectivity index (χ0) is 15.5. The Morgan fingerprint density at radius 1 is 1.19 bits per heavy atom. The summed E-state index contributed by atoms with van der Waals surface area (Å²) in [6, 6.07) is 8.14. The second-order valence-corrected chi connectivity index (χ2v) is 4.82. The number of methoxy groups -OCH3 is 1. The van der Waals surface area contributed by atoms with Crippen LogP contribution in [0.25, 0.3) is 0 Å². The molecule has 5 heteroatoms. The fraction of sp³-hybridized carbons (Fsp3) is 0.625. The summed E-state index contributed by atoms with van der Waals surface area (Å²) in [6.45, 7) is 3.58. The van der Waals surface area contributed by atoms with Gasteiger partial charge in [-0.3, -0.25) is 0 Å². The quantitative estimate of drug-likeness (QED) is 0.610. The van der Waals surface area contributed by atoms with E-state index in [1.165, 1.54) is 0 Å². The van der Waals surface area contributed by atoms with Crippen LogP contribution >= 0.6 is 0 Å². The van der Waals surface area contributed by atoms with Gasteiger partial charge in [0, 0.05) is 18.7 Å². The van der Waals surface area contributed by atoms with Crippen LogP contribution in [-0.2, 0) is 9.47 Å². The number of para-hydroxylation sites is 1. The highest BCUT2D eigenvalue weighted by Crippen LogP contribution is 2.26. The molecule has 0 aliphatic carbocycles. The Balaban J connectivity index is 2.47. The van der Waals surface area contributed by atoms with Crippen LogP contribution in [0.1, 0.15) is 24.9 Å². The summed E-state index contributed by atoms with van der Waals surface area (Å²) >= 11 is 0. The Morgan fingerprint density at radius 3 is 2.62 bits per heavy atom. The predicted molar refractivity (Wildman–Crippen MR) is 82.7 cm³/mol. The molecule has 0 aliphatic heterocycles. The maximum absolute atomic E-state index is 9.85. The predicted octanol–water partition coefficient (Wildman–Crippen LogP) is 1.76. The molecule has 0 aromatic heterocycles. The molecule has 2 atom stereocenters. The third-order valence-corrected chi connectivity index (χ3v) is 3.22. The number of hydrogen-bond donors (Lipinski definition) is 2. The molecule has 0 amide bonds. The van der Waals surface area contributed by atoms with E-state index in [1.807, 2.05) is 31.3 Å². The second kappa shape index (κ2) is 10.6. The van der Waals surface area contributed by atoms with E-state index in [0.717, 1.165) is 17.7 Å². The van der Waals surface area contributed by atoms with Crippen LogP contribution in [0.4, 0.5) is 0 Å². The van der Waals surface area contributed by atoms with Crippen molar-refractivity contribution in [2.24, 2.45) is 0 Å². The molecule has 1 rings (SSSR count). The van der Waals surface area contributed by atoms with Crippen molar-refractivity contribution in [3.63, 3.8) is 0 Å². The molecule has 0 fully saturated rings. The molecule has 1 aromatic rings. The summed E-state index contributed by atoms with van der Waals surface area (Å²) in [6.07, 6.45) is 0.323. The van der Waals surface area contributed by atoms with Crippen molar-refractivity contribution in [3.8, 4) is 5.75 Å². The molecule has 120 valence electrons. The molecule has 0 bridgehead atoms. The van der Waals surface area contributed by atoms with Crippen LogP contribution in [0.15, 0.2) is 24.3 Å². The number of aliphatic hydroxyl groups is 1. The highest BCUT2D eigenvalue weighted by atomic mass is 16.5. The lowest BCUT2D eigenvalue weighted by Gasteiger charge is -2.20. The van der Waals surface area contributed by atoms with Gasteiger partial charge in [-0.05, 0) is 19.5 Å². The lowest BCUT2D eigenvalue weighted by molar-refractivity contribution is -0.00438. The molecule has 5 nitrogen and oxygen atoms in total. The second-order valence-electron chi connectivity index (χ2n) is 4.82. The van der Waals surface area contributed by atoms with Crippen molar-refractivity contribution in [3.05, 3.63) is 29.8 Å². The summed E-state index contributed by atoms with van der Waals surface area (Å²) in [4.78, 5) is 0. The van der Waals surface area contributed by atoms with Gasteiger partial charge in [-0.2, -0.15) is 0 Å². The topological polar surface area (TPSA) is 60.0 Å². The first-order valence-corrected chi connectivity index (χ1v) is 7.36. The third kappa shape index (κ3) is 6.44. The minimum absolute atomic E-state index is 0.212. The first-order valence-electron chi connectivity index (χ1n) is 7.36. The van der Waals surface area contributed by atoms with Gasteiger partial charge in [0.2, 0.25) is 0 Å². The van der Waals surface area contributed by atoms with E-state index in [9.17, 15) is 5.11 Å². The number of ether oxygens (including phenoxy) is 3. The number of aliphatic hydroxyl groups excluding tert-OH is 1. The number of hydrogen-bond acceptors (Lipinski definition) is 5. The van der Waals surface area contributed by atoms with E-state index in [-0.39, 0.29) is 19.3 Å². The van der Waals surface area contributed by atoms with Gasteiger partial charge in [-0.15, -0.1) is 0 Å². The average Bonchev–Trinajstić information content (AvgIpc) is 2.52. The standard InChI is InChI=1S/C16H27NO4/c1-4-15(17-2)14-7-5-6-8-16(14)21-12-13(18)11-20-10-9-19-3/h5-8,13,15,17-18H,4,9-12H2,1-3H3. The Morgan fingerprint density at radius 2 is 1.95 bits per heavy atom. The van der Waals surface area contributed by atoms with Gasteiger partial charge in [-0.1, -0.05) is 25.1 Å². The van der Waals surface area contributed by atoms with Crippen molar-refractivity contribution < 1.29 is 19.3 Å². The normalized spacial score (nSPS) is 13.9. The Labute approximate surface area is 127 Å². The molecule has 0 radical (unpaired) electrons. The third-order valence-electron chi connectivity index (χ3n) is 3.22. The number of rotatable bonds is 11. The van der Waals surface area contributed by atoms with Gasteiger partial charge in [-0.25, -0.2) is 0 Å². The molecule has 0 heterocycles. The van der Waals surface area contributed by atoms with E-state index < -0.39 is 6.10 Å². The average molecular weight is 297 g/mol. The maximum atomic E-state index is 9.85. The van der Waals surface area contributed by atoms with Crippen LogP contribution in [0.2, 0.25) is 0 Å². The number of benzene rings is 1. The van der Waals surface area contributed by atoms with Gasteiger partial charge in [0.15, 0.2) is 0 Å². The Hall–Kier alpha value is -1.14. The lowest BCUT2D eigenvalue weighted by Crippen LogP contribution is -2.25. The summed E-state index contributed by atoms with van der Waals surface area (Å²) in [7, 11) is 3.55. The van der Waals surface area contributed by atoms with Crippen LogP contribution in [-0.4, -0.2) is 51.8 Å². The first kappa shape index (κ1) is 17.9. The van der Waals surface area contributed by atoms with E-state index in [0.29, 0.717) is 13.2 Å². The van der Waals surface area contributed by atoms with E-state index in [4.69, 9.17) is 14.2 Å². The largest absolute Gasteiger partial charge is 0.490 e. The highest BCUT2D eigenvalue weighted by Gasteiger charge is 2.13. The van der Waals surface area contributed by atoms with E-state index in [1.54, 1.807) is 7.11 Å². The fourth-order valence-corrected chi connectivity index (χ4v) is 2.08. The molecular formula is C16H27NO4. The zero-order valence-corrected chi connectivity index (χ0v) is 13.2. The minimum atomic E-state index is -0.649. The van der Waals surface area contributed by atoms with Crippen molar-refractivity contribution in [1.29, 1.82) is 0 Å². The molecule has 1 aromatic carbocycles. The molecule has 0 spiro atoms. The highest BCUT2D eigenvalue weighted by molar-refractivity contribution is 5.35. The molecule has 2 N–H and O–H groups in total. The Kier molecular flexibility index (Phi) is 9.01. The molecule has 2 unspecified atom stereocenters. The van der Waals surface area contributed by atoms with Crippen LogP contribution < -0.4 is 10.1 Å². The lowest BCUT2D eigenvalue weighted by atomic mass is 10.0. The Bertz CT molecular complexity index is 382. The minimum Gasteiger partial charge on any atom is -0.490 e. The summed E-state index contributed by atoms with van der Waals surface area (Å²) < 4.78 is 15.9. The van der Waals surface area contributed by atoms with Crippen LogP contribution in [0, 0.1) is 0 Å². The van der Waals surface area contributed by atoms with Crippen molar-refractivity contribution >= 4 is 0 Å². The van der Waals surface area contributed by atoms with E-state index in [2.05, 4.69) is 12.2 Å². The van der Waals surface area contributed by atoms with Crippen molar-refractivity contribution in [2.75, 3.05) is 40.6 Å². The maximum Gasteiger partial charge on any atom is 0.124 e. The monoisotopic (exact) mass is 297 g/mol. The van der Waals surface area contributed by atoms with E-state index >= 15 is 0 Å². The fourth-order valence-electron chi connectivity index (χ4n) is 2.08. The SMILES string of the molecule is CCC(NC)c1ccccc1OCC(O)COCCOC. The van der Waals surface area contributed by atoms with Crippen molar-refractivity contribution in [2.45, 2.75) is 25.5 Å². The van der Waals surface area contributed by atoms with Crippen molar-refractivity contribution in [1.82, 2.24) is 5.32 Å². The molecule has 0 aliphatic rings. The zero-order valence-electron chi connectivity index (χ0n) is 13.2.